The predicted molar refractivity (Wildman–Crippen MR) is 86.1 cm³/mol. The second kappa shape index (κ2) is 9.27. The standard InChI is InChI=1S/C17H27NO3/c1-4-7-8-9-12-21-17(20)15-11-10-14(13-16(15)19)18(5-2)6-3/h10-11,13,19H,4-9,12H2,1-3H3. The van der Waals surface area contributed by atoms with Crippen LogP contribution in [0.4, 0.5) is 5.69 Å². The van der Waals surface area contributed by atoms with Crippen LogP contribution >= 0.6 is 0 Å². The van der Waals surface area contributed by atoms with Gasteiger partial charge >= 0.3 is 5.97 Å². The fraction of sp³-hybridized carbons (Fsp3) is 0.588. The van der Waals surface area contributed by atoms with Crippen LogP contribution in [0.3, 0.4) is 0 Å². The predicted octanol–water partition coefficient (Wildman–Crippen LogP) is 3.98. The van der Waals surface area contributed by atoms with Crippen molar-refractivity contribution in [2.24, 2.45) is 0 Å². The highest BCUT2D eigenvalue weighted by atomic mass is 16.5. The molecule has 0 fully saturated rings. The normalized spacial score (nSPS) is 10.4. The van der Waals surface area contributed by atoms with Crippen LogP contribution < -0.4 is 4.90 Å². The number of carbonyl (C=O) groups excluding carboxylic acids is 1. The van der Waals surface area contributed by atoms with E-state index in [1.807, 2.05) is 6.07 Å². The van der Waals surface area contributed by atoms with Crippen molar-refractivity contribution in [3.8, 4) is 5.75 Å². The Kier molecular flexibility index (Phi) is 7.65. The molecule has 0 bridgehead atoms. The maximum atomic E-state index is 11.9. The highest BCUT2D eigenvalue weighted by Crippen LogP contribution is 2.25. The molecule has 0 amide bonds. The number of phenols is 1. The number of ether oxygens (including phenoxy) is 1. The molecule has 0 heterocycles. The summed E-state index contributed by atoms with van der Waals surface area (Å²) in [4.78, 5) is 14.0. The van der Waals surface area contributed by atoms with Crippen molar-refractivity contribution in [2.45, 2.75) is 46.5 Å². The summed E-state index contributed by atoms with van der Waals surface area (Å²) in [6, 6.07) is 5.11. The van der Waals surface area contributed by atoms with E-state index in [1.54, 1.807) is 12.1 Å². The van der Waals surface area contributed by atoms with E-state index in [2.05, 4.69) is 25.7 Å². The molecular formula is C17H27NO3. The Morgan fingerprint density at radius 2 is 1.86 bits per heavy atom. The summed E-state index contributed by atoms with van der Waals surface area (Å²) in [5.41, 5.74) is 1.15. The van der Waals surface area contributed by atoms with E-state index in [-0.39, 0.29) is 11.3 Å². The van der Waals surface area contributed by atoms with Gasteiger partial charge in [-0.05, 0) is 32.4 Å². The molecule has 21 heavy (non-hydrogen) atoms. The van der Waals surface area contributed by atoms with E-state index in [0.717, 1.165) is 44.5 Å². The Morgan fingerprint density at radius 3 is 2.43 bits per heavy atom. The number of esters is 1. The third-order valence-electron chi connectivity index (χ3n) is 3.56. The summed E-state index contributed by atoms with van der Waals surface area (Å²) in [7, 11) is 0. The second-order valence-corrected chi connectivity index (χ2v) is 5.07. The largest absolute Gasteiger partial charge is 0.507 e. The molecule has 0 atom stereocenters. The van der Waals surface area contributed by atoms with Gasteiger partial charge < -0.3 is 14.7 Å². The molecule has 4 heteroatoms. The van der Waals surface area contributed by atoms with Gasteiger partial charge in [0.15, 0.2) is 0 Å². The lowest BCUT2D eigenvalue weighted by atomic mass is 10.1. The molecular weight excluding hydrogens is 266 g/mol. The van der Waals surface area contributed by atoms with Crippen LogP contribution in [0, 0.1) is 0 Å². The summed E-state index contributed by atoms with van der Waals surface area (Å²) in [5, 5.41) is 10.0. The zero-order valence-corrected chi connectivity index (χ0v) is 13.4. The third-order valence-corrected chi connectivity index (χ3v) is 3.56. The molecule has 1 aromatic rings. The SMILES string of the molecule is CCCCCCOC(=O)c1ccc(N(CC)CC)cc1O. The van der Waals surface area contributed by atoms with Crippen molar-refractivity contribution in [3.05, 3.63) is 23.8 Å². The van der Waals surface area contributed by atoms with Gasteiger partial charge in [0.1, 0.15) is 11.3 Å². The summed E-state index contributed by atoms with van der Waals surface area (Å²) in [6.45, 7) is 8.38. The van der Waals surface area contributed by atoms with Gasteiger partial charge in [0.05, 0.1) is 6.61 Å². The van der Waals surface area contributed by atoms with Crippen LogP contribution in [0.25, 0.3) is 0 Å². The van der Waals surface area contributed by atoms with Gasteiger partial charge in [0.25, 0.3) is 0 Å². The zero-order valence-electron chi connectivity index (χ0n) is 13.4. The average molecular weight is 293 g/mol. The lowest BCUT2D eigenvalue weighted by molar-refractivity contribution is 0.0494. The van der Waals surface area contributed by atoms with Crippen molar-refractivity contribution in [2.75, 3.05) is 24.6 Å². The Labute approximate surface area is 127 Å². The van der Waals surface area contributed by atoms with Crippen molar-refractivity contribution >= 4 is 11.7 Å². The molecule has 1 N–H and O–H groups in total. The van der Waals surface area contributed by atoms with Crippen molar-refractivity contribution in [3.63, 3.8) is 0 Å². The first-order valence-electron chi connectivity index (χ1n) is 7.89. The molecule has 0 saturated carbocycles. The Morgan fingerprint density at radius 1 is 1.14 bits per heavy atom. The van der Waals surface area contributed by atoms with E-state index in [0.29, 0.717) is 6.61 Å². The fourth-order valence-corrected chi connectivity index (χ4v) is 2.25. The highest BCUT2D eigenvalue weighted by molar-refractivity contribution is 5.93. The van der Waals surface area contributed by atoms with E-state index in [9.17, 15) is 9.90 Å². The molecule has 118 valence electrons. The van der Waals surface area contributed by atoms with E-state index >= 15 is 0 Å². The van der Waals surface area contributed by atoms with E-state index in [1.165, 1.54) is 0 Å². The number of carbonyl (C=O) groups is 1. The quantitative estimate of drug-likeness (QED) is 0.553. The van der Waals surface area contributed by atoms with Crippen LogP contribution in [0.2, 0.25) is 0 Å². The van der Waals surface area contributed by atoms with Crippen LogP contribution in [-0.4, -0.2) is 30.8 Å². The molecule has 0 saturated heterocycles. The lowest BCUT2D eigenvalue weighted by Crippen LogP contribution is -2.21. The lowest BCUT2D eigenvalue weighted by Gasteiger charge is -2.21. The Balaban J connectivity index is 2.60. The minimum Gasteiger partial charge on any atom is -0.507 e. The van der Waals surface area contributed by atoms with Crippen molar-refractivity contribution in [1.29, 1.82) is 0 Å². The molecule has 4 nitrogen and oxygen atoms in total. The smallest absolute Gasteiger partial charge is 0.341 e. The number of benzene rings is 1. The van der Waals surface area contributed by atoms with Crippen LogP contribution in [-0.2, 0) is 4.74 Å². The molecule has 0 radical (unpaired) electrons. The van der Waals surface area contributed by atoms with Crippen LogP contribution in [0.1, 0.15) is 56.8 Å². The van der Waals surface area contributed by atoms with Gasteiger partial charge in [-0.15, -0.1) is 0 Å². The summed E-state index contributed by atoms with van der Waals surface area (Å²) in [5.74, 6) is -0.465. The minimum atomic E-state index is -0.449. The van der Waals surface area contributed by atoms with Gasteiger partial charge in [-0.1, -0.05) is 26.2 Å². The Hall–Kier alpha value is -1.71. The maximum Gasteiger partial charge on any atom is 0.341 e. The van der Waals surface area contributed by atoms with Gasteiger partial charge in [-0.3, -0.25) is 0 Å². The van der Waals surface area contributed by atoms with E-state index in [4.69, 9.17) is 4.74 Å². The molecule has 0 aromatic heterocycles. The molecule has 1 aromatic carbocycles. The number of hydrogen-bond donors (Lipinski definition) is 1. The first-order chi connectivity index (χ1) is 10.1. The Bertz CT molecular complexity index is 442. The fourth-order valence-electron chi connectivity index (χ4n) is 2.25. The number of hydrogen-bond acceptors (Lipinski definition) is 4. The van der Waals surface area contributed by atoms with Crippen LogP contribution in [0.15, 0.2) is 18.2 Å². The molecule has 0 aliphatic carbocycles. The topological polar surface area (TPSA) is 49.8 Å². The maximum absolute atomic E-state index is 11.9. The monoisotopic (exact) mass is 293 g/mol. The van der Waals surface area contributed by atoms with Gasteiger partial charge in [0.2, 0.25) is 0 Å². The van der Waals surface area contributed by atoms with Gasteiger partial charge in [0, 0.05) is 24.8 Å². The third kappa shape index (κ3) is 5.29. The first-order valence-corrected chi connectivity index (χ1v) is 7.89. The number of rotatable bonds is 9. The van der Waals surface area contributed by atoms with Crippen molar-refractivity contribution < 1.29 is 14.6 Å². The molecule has 0 unspecified atom stereocenters. The highest BCUT2D eigenvalue weighted by Gasteiger charge is 2.14. The average Bonchev–Trinajstić information content (AvgIpc) is 2.48. The number of phenolic OH excluding ortho intramolecular Hbond substituents is 1. The van der Waals surface area contributed by atoms with E-state index < -0.39 is 5.97 Å². The molecule has 0 aliphatic heterocycles. The summed E-state index contributed by atoms with van der Waals surface area (Å²) in [6.07, 6.45) is 4.25. The molecule has 0 aliphatic rings. The van der Waals surface area contributed by atoms with Crippen molar-refractivity contribution in [1.82, 2.24) is 0 Å². The molecule has 1 rings (SSSR count). The molecule has 0 spiro atoms. The second-order valence-electron chi connectivity index (χ2n) is 5.07. The first kappa shape index (κ1) is 17.3. The van der Waals surface area contributed by atoms with Gasteiger partial charge in [-0.2, -0.15) is 0 Å². The number of nitrogens with zero attached hydrogens (tertiary/aromatic N) is 1. The number of anilines is 1. The number of unbranched alkanes of at least 4 members (excludes halogenated alkanes) is 3. The zero-order chi connectivity index (χ0) is 15.7. The summed E-state index contributed by atoms with van der Waals surface area (Å²) < 4.78 is 5.20. The number of aromatic hydroxyl groups is 1. The summed E-state index contributed by atoms with van der Waals surface area (Å²) >= 11 is 0. The minimum absolute atomic E-state index is 0.0158. The van der Waals surface area contributed by atoms with Gasteiger partial charge in [-0.25, -0.2) is 4.79 Å². The van der Waals surface area contributed by atoms with Crippen LogP contribution in [0.5, 0.6) is 5.75 Å².